The molecular weight excluding hydrogens is 364 g/mol. The average molecular weight is 388 g/mol. The number of esters is 1. The van der Waals surface area contributed by atoms with E-state index < -0.39 is 23.4 Å². The maximum absolute atomic E-state index is 12.1. The van der Waals surface area contributed by atoms with Gasteiger partial charge in [-0.15, -0.1) is 0 Å². The van der Waals surface area contributed by atoms with E-state index in [1.807, 2.05) is 18.2 Å². The molecular formula is C19H24N4O5. The fraction of sp³-hybridized carbons (Fsp3) is 0.421. The molecule has 0 fully saturated rings. The smallest absolute Gasteiger partial charge is 0.328 e. The number of nitrogens with zero attached hydrogens (tertiary/aromatic N) is 3. The van der Waals surface area contributed by atoms with Gasteiger partial charge in [0, 0.05) is 5.69 Å². The molecule has 1 atom stereocenters. The number of anilines is 1. The summed E-state index contributed by atoms with van der Waals surface area (Å²) in [6.45, 7) is 6.37. The third kappa shape index (κ3) is 4.93. The summed E-state index contributed by atoms with van der Waals surface area (Å²) in [5.74, 6) is -0.879. The Labute approximate surface area is 162 Å². The predicted octanol–water partition coefficient (Wildman–Crippen LogP) is 3.10. The van der Waals surface area contributed by atoms with Gasteiger partial charge < -0.3 is 10.1 Å². The number of carbonyl (C=O) groups excluding carboxylic acids is 2. The molecule has 1 aromatic carbocycles. The van der Waals surface area contributed by atoms with E-state index in [1.54, 1.807) is 6.07 Å². The third-order valence-electron chi connectivity index (χ3n) is 4.55. The van der Waals surface area contributed by atoms with Crippen LogP contribution in [0.15, 0.2) is 24.3 Å². The number of nitro groups is 1. The van der Waals surface area contributed by atoms with Gasteiger partial charge in [0.2, 0.25) is 0 Å². The summed E-state index contributed by atoms with van der Waals surface area (Å²) in [6.07, 6.45) is 0.927. The van der Waals surface area contributed by atoms with E-state index in [9.17, 15) is 19.7 Å². The molecule has 0 saturated heterocycles. The molecule has 1 N–H and O–H groups in total. The zero-order valence-corrected chi connectivity index (χ0v) is 16.4. The van der Waals surface area contributed by atoms with Crippen molar-refractivity contribution in [2.45, 2.75) is 46.6 Å². The van der Waals surface area contributed by atoms with Crippen molar-refractivity contribution in [1.29, 1.82) is 0 Å². The second-order valence-electron chi connectivity index (χ2n) is 6.54. The number of nitrogens with one attached hydrogen (secondary N) is 1. The van der Waals surface area contributed by atoms with Gasteiger partial charge in [-0.3, -0.25) is 24.4 Å². The topological polar surface area (TPSA) is 116 Å². The summed E-state index contributed by atoms with van der Waals surface area (Å²) in [7, 11) is 0. The van der Waals surface area contributed by atoms with Crippen LogP contribution >= 0.6 is 0 Å². The van der Waals surface area contributed by atoms with Crippen LogP contribution < -0.4 is 5.32 Å². The lowest BCUT2D eigenvalue weighted by Crippen LogP contribution is -2.24. The lowest BCUT2D eigenvalue weighted by Gasteiger charge is -2.15. The number of ether oxygens (including phenoxy) is 1. The standard InChI is InChI=1S/C19H24N4O5/c1-5-12(2)15-8-6-7-9-16(15)20-17(24)11-28-18(25)10-22-14(4)19(23(26)27)13(3)21-22/h6-9,12H,5,10-11H2,1-4H3,(H,20,24)/t12-/m0/s1. The monoisotopic (exact) mass is 388 g/mol. The van der Waals surface area contributed by atoms with Gasteiger partial charge in [-0.05, 0) is 37.8 Å². The molecule has 9 heteroatoms. The molecule has 0 spiro atoms. The quantitative estimate of drug-likeness (QED) is 0.422. The van der Waals surface area contributed by atoms with Crippen LogP contribution in [-0.4, -0.2) is 33.2 Å². The van der Waals surface area contributed by atoms with Gasteiger partial charge in [0.25, 0.3) is 5.91 Å². The molecule has 0 bridgehead atoms. The average Bonchev–Trinajstić information content (AvgIpc) is 2.93. The molecule has 0 aliphatic rings. The molecule has 1 amide bonds. The van der Waals surface area contributed by atoms with E-state index >= 15 is 0 Å². The zero-order valence-electron chi connectivity index (χ0n) is 16.4. The van der Waals surface area contributed by atoms with Crippen LogP contribution in [0, 0.1) is 24.0 Å². The number of rotatable bonds is 8. The van der Waals surface area contributed by atoms with Crippen molar-refractivity contribution < 1.29 is 19.2 Å². The Bertz CT molecular complexity index is 890. The molecule has 28 heavy (non-hydrogen) atoms. The summed E-state index contributed by atoms with van der Waals surface area (Å²) < 4.78 is 6.19. The first-order chi connectivity index (χ1) is 13.2. The van der Waals surface area contributed by atoms with Crippen LogP contribution in [0.5, 0.6) is 0 Å². The first-order valence-electron chi connectivity index (χ1n) is 8.97. The highest BCUT2D eigenvalue weighted by Crippen LogP contribution is 2.26. The van der Waals surface area contributed by atoms with Gasteiger partial charge in [0.15, 0.2) is 6.61 Å². The number of para-hydroxylation sites is 1. The second kappa shape index (κ2) is 9.12. The Balaban J connectivity index is 1.94. The highest BCUT2D eigenvalue weighted by atomic mass is 16.6. The number of aromatic nitrogens is 2. The minimum atomic E-state index is -0.703. The molecule has 0 saturated carbocycles. The zero-order chi connectivity index (χ0) is 20.8. The Hall–Kier alpha value is -3.23. The number of hydrogen-bond acceptors (Lipinski definition) is 6. The maximum atomic E-state index is 12.1. The molecule has 1 heterocycles. The number of carbonyl (C=O) groups is 2. The van der Waals surface area contributed by atoms with Crippen LogP contribution in [0.25, 0.3) is 0 Å². The first-order valence-corrected chi connectivity index (χ1v) is 8.97. The number of aryl methyl sites for hydroxylation is 1. The fourth-order valence-electron chi connectivity index (χ4n) is 2.87. The highest BCUT2D eigenvalue weighted by Gasteiger charge is 2.23. The predicted molar refractivity (Wildman–Crippen MR) is 103 cm³/mol. The fourth-order valence-corrected chi connectivity index (χ4v) is 2.87. The van der Waals surface area contributed by atoms with Gasteiger partial charge in [-0.25, -0.2) is 0 Å². The SMILES string of the molecule is CC[C@H](C)c1ccccc1NC(=O)COC(=O)Cn1nc(C)c([N+](=O)[O-])c1C. The van der Waals surface area contributed by atoms with Gasteiger partial charge in [-0.2, -0.15) is 5.10 Å². The minimum Gasteiger partial charge on any atom is -0.454 e. The Morgan fingerprint density at radius 1 is 1.32 bits per heavy atom. The molecule has 9 nitrogen and oxygen atoms in total. The van der Waals surface area contributed by atoms with E-state index in [1.165, 1.54) is 18.5 Å². The van der Waals surface area contributed by atoms with E-state index in [-0.39, 0.29) is 29.5 Å². The summed E-state index contributed by atoms with van der Waals surface area (Å²) in [5, 5.41) is 17.7. The van der Waals surface area contributed by atoms with Crippen molar-refractivity contribution in [3.8, 4) is 0 Å². The van der Waals surface area contributed by atoms with Crippen molar-refractivity contribution in [2.24, 2.45) is 0 Å². The van der Waals surface area contributed by atoms with Crippen LogP contribution in [0.3, 0.4) is 0 Å². The van der Waals surface area contributed by atoms with Crippen LogP contribution in [0.4, 0.5) is 11.4 Å². The Morgan fingerprint density at radius 2 is 2.00 bits per heavy atom. The summed E-state index contributed by atoms with van der Waals surface area (Å²) in [6, 6.07) is 7.48. The molecule has 0 aliphatic heterocycles. The third-order valence-corrected chi connectivity index (χ3v) is 4.55. The molecule has 0 radical (unpaired) electrons. The van der Waals surface area contributed by atoms with E-state index in [0.717, 1.165) is 12.0 Å². The molecule has 0 aliphatic carbocycles. The van der Waals surface area contributed by atoms with E-state index in [0.29, 0.717) is 5.69 Å². The van der Waals surface area contributed by atoms with Crippen molar-refractivity contribution in [3.05, 3.63) is 51.3 Å². The first kappa shape index (κ1) is 21.1. The summed E-state index contributed by atoms with van der Waals surface area (Å²) in [4.78, 5) is 34.6. The number of benzene rings is 1. The van der Waals surface area contributed by atoms with E-state index in [2.05, 4.69) is 24.3 Å². The largest absolute Gasteiger partial charge is 0.454 e. The van der Waals surface area contributed by atoms with Crippen LogP contribution in [0.1, 0.15) is 43.1 Å². The lowest BCUT2D eigenvalue weighted by molar-refractivity contribution is -0.386. The van der Waals surface area contributed by atoms with Crippen molar-refractivity contribution in [3.63, 3.8) is 0 Å². The van der Waals surface area contributed by atoms with Gasteiger partial charge in [0.05, 0.1) is 4.92 Å². The molecule has 150 valence electrons. The molecule has 1 aromatic heterocycles. The van der Waals surface area contributed by atoms with E-state index in [4.69, 9.17) is 4.74 Å². The van der Waals surface area contributed by atoms with Crippen molar-refractivity contribution in [1.82, 2.24) is 9.78 Å². The Kier molecular flexibility index (Phi) is 6.86. The number of hydrogen-bond donors (Lipinski definition) is 1. The lowest BCUT2D eigenvalue weighted by atomic mass is 9.97. The number of amides is 1. The van der Waals surface area contributed by atoms with Gasteiger partial charge in [0.1, 0.15) is 17.9 Å². The summed E-state index contributed by atoms with van der Waals surface area (Å²) in [5.41, 5.74) is 2.04. The second-order valence-corrected chi connectivity index (χ2v) is 6.54. The Morgan fingerprint density at radius 3 is 2.61 bits per heavy atom. The molecule has 2 aromatic rings. The summed E-state index contributed by atoms with van der Waals surface area (Å²) >= 11 is 0. The molecule has 0 unspecified atom stereocenters. The highest BCUT2D eigenvalue weighted by molar-refractivity contribution is 5.93. The normalized spacial score (nSPS) is 11.7. The van der Waals surface area contributed by atoms with Gasteiger partial charge >= 0.3 is 11.7 Å². The minimum absolute atomic E-state index is 0.132. The molecule has 2 rings (SSSR count). The maximum Gasteiger partial charge on any atom is 0.328 e. The van der Waals surface area contributed by atoms with Crippen LogP contribution in [-0.2, 0) is 20.9 Å². The van der Waals surface area contributed by atoms with Crippen molar-refractivity contribution in [2.75, 3.05) is 11.9 Å². The van der Waals surface area contributed by atoms with Gasteiger partial charge in [-0.1, -0.05) is 32.0 Å². The van der Waals surface area contributed by atoms with Crippen molar-refractivity contribution >= 4 is 23.3 Å². The van der Waals surface area contributed by atoms with Crippen LogP contribution in [0.2, 0.25) is 0 Å².